The molecule has 0 radical (unpaired) electrons. The van der Waals surface area contributed by atoms with Gasteiger partial charge in [0.2, 0.25) is 5.95 Å². The first-order chi connectivity index (χ1) is 9.33. The van der Waals surface area contributed by atoms with Gasteiger partial charge in [-0.05, 0) is 24.3 Å². The second-order valence-corrected chi connectivity index (χ2v) is 4.11. The van der Waals surface area contributed by atoms with Crippen LogP contribution < -0.4 is 5.73 Å². The molecule has 0 aliphatic rings. The summed E-state index contributed by atoms with van der Waals surface area (Å²) in [7, 11) is 0. The highest BCUT2D eigenvalue weighted by atomic mass is 15.5. The standard InChI is InChI=1S/C12H9N7/c13-12-14-10-6-3-7-11(19(10)16-12)18-9-5-2-1-4-8(9)15-17-18/h1-7H,(H2,13,16). The van der Waals surface area contributed by atoms with Crippen LogP contribution in [0.2, 0.25) is 0 Å². The smallest absolute Gasteiger partial charge is 0.240 e. The van der Waals surface area contributed by atoms with Gasteiger partial charge in [-0.25, -0.2) is 0 Å². The summed E-state index contributed by atoms with van der Waals surface area (Å²) in [6.07, 6.45) is 0. The molecule has 19 heavy (non-hydrogen) atoms. The molecule has 0 unspecified atom stereocenters. The Hall–Kier alpha value is -2.96. The van der Waals surface area contributed by atoms with Gasteiger partial charge in [0.15, 0.2) is 11.5 Å². The summed E-state index contributed by atoms with van der Waals surface area (Å²) in [4.78, 5) is 4.13. The summed E-state index contributed by atoms with van der Waals surface area (Å²) < 4.78 is 3.37. The molecule has 4 rings (SSSR count). The van der Waals surface area contributed by atoms with Gasteiger partial charge in [-0.15, -0.1) is 10.2 Å². The summed E-state index contributed by atoms with van der Waals surface area (Å²) in [5.41, 5.74) is 8.05. The van der Waals surface area contributed by atoms with Crippen LogP contribution in [-0.2, 0) is 0 Å². The molecule has 0 saturated heterocycles. The largest absolute Gasteiger partial charge is 0.366 e. The summed E-state index contributed by atoms with van der Waals surface area (Å²) in [6, 6.07) is 13.3. The van der Waals surface area contributed by atoms with Gasteiger partial charge in [0.25, 0.3) is 0 Å². The van der Waals surface area contributed by atoms with Crippen molar-refractivity contribution in [3.63, 3.8) is 0 Å². The first-order valence-electron chi connectivity index (χ1n) is 5.75. The average molecular weight is 251 g/mol. The van der Waals surface area contributed by atoms with Gasteiger partial charge >= 0.3 is 0 Å². The van der Waals surface area contributed by atoms with Gasteiger partial charge in [-0.1, -0.05) is 23.4 Å². The molecule has 3 heterocycles. The molecule has 0 atom stereocenters. The fourth-order valence-corrected chi connectivity index (χ4v) is 2.11. The normalized spacial score (nSPS) is 11.4. The van der Waals surface area contributed by atoms with E-state index in [-0.39, 0.29) is 5.95 Å². The number of hydrogen-bond acceptors (Lipinski definition) is 5. The molecular formula is C12H9N7. The number of nitrogen functional groups attached to an aromatic ring is 1. The lowest BCUT2D eigenvalue weighted by Gasteiger charge is -2.03. The van der Waals surface area contributed by atoms with Gasteiger partial charge < -0.3 is 5.73 Å². The van der Waals surface area contributed by atoms with Crippen molar-refractivity contribution < 1.29 is 0 Å². The van der Waals surface area contributed by atoms with Crippen LogP contribution >= 0.6 is 0 Å². The van der Waals surface area contributed by atoms with E-state index in [9.17, 15) is 0 Å². The predicted octanol–water partition coefficient (Wildman–Crippen LogP) is 1.05. The van der Waals surface area contributed by atoms with Crippen LogP contribution in [0.15, 0.2) is 42.5 Å². The van der Waals surface area contributed by atoms with Crippen LogP contribution in [0, 0.1) is 0 Å². The number of rotatable bonds is 1. The Balaban J connectivity index is 2.09. The molecule has 0 saturated carbocycles. The van der Waals surface area contributed by atoms with E-state index >= 15 is 0 Å². The monoisotopic (exact) mass is 251 g/mol. The van der Waals surface area contributed by atoms with E-state index in [4.69, 9.17) is 5.73 Å². The van der Waals surface area contributed by atoms with Crippen molar-refractivity contribution in [2.75, 3.05) is 5.73 Å². The number of pyridine rings is 1. The molecule has 0 bridgehead atoms. The third kappa shape index (κ3) is 1.38. The Labute approximate surface area is 107 Å². The van der Waals surface area contributed by atoms with Gasteiger partial charge in [-0.3, -0.25) is 0 Å². The molecular weight excluding hydrogens is 242 g/mol. The number of fused-ring (bicyclic) bond motifs is 2. The highest BCUT2D eigenvalue weighted by molar-refractivity contribution is 5.75. The minimum absolute atomic E-state index is 0.233. The Bertz CT molecular complexity index is 889. The number of aromatic nitrogens is 6. The van der Waals surface area contributed by atoms with Gasteiger partial charge in [0.1, 0.15) is 5.52 Å². The van der Waals surface area contributed by atoms with Crippen molar-refractivity contribution in [2.45, 2.75) is 0 Å². The van der Waals surface area contributed by atoms with Gasteiger partial charge in [0, 0.05) is 0 Å². The SMILES string of the molecule is Nc1nc2cccc(-n3nnc4ccccc43)n2n1. The van der Waals surface area contributed by atoms with E-state index in [0.29, 0.717) is 5.65 Å². The van der Waals surface area contributed by atoms with Crippen molar-refractivity contribution in [3.8, 4) is 5.82 Å². The van der Waals surface area contributed by atoms with E-state index in [1.165, 1.54) is 0 Å². The second kappa shape index (κ2) is 3.52. The lowest BCUT2D eigenvalue weighted by Crippen LogP contribution is -2.05. The van der Waals surface area contributed by atoms with Gasteiger partial charge in [-0.2, -0.15) is 14.2 Å². The van der Waals surface area contributed by atoms with Crippen LogP contribution in [0.3, 0.4) is 0 Å². The summed E-state index contributed by atoms with van der Waals surface area (Å²) in [5, 5.41) is 12.5. The third-order valence-electron chi connectivity index (χ3n) is 2.92. The predicted molar refractivity (Wildman–Crippen MR) is 69.8 cm³/mol. The second-order valence-electron chi connectivity index (χ2n) is 4.11. The molecule has 0 aliphatic heterocycles. The summed E-state index contributed by atoms with van der Waals surface area (Å²) in [5.74, 6) is 0.979. The maximum Gasteiger partial charge on any atom is 0.240 e. The molecule has 0 spiro atoms. The maximum atomic E-state index is 5.64. The van der Waals surface area contributed by atoms with Crippen LogP contribution in [-0.4, -0.2) is 29.6 Å². The van der Waals surface area contributed by atoms with E-state index in [0.717, 1.165) is 16.9 Å². The van der Waals surface area contributed by atoms with Gasteiger partial charge in [0.05, 0.1) is 5.52 Å². The van der Waals surface area contributed by atoms with E-state index in [2.05, 4.69) is 20.4 Å². The number of benzene rings is 1. The van der Waals surface area contributed by atoms with E-state index in [1.807, 2.05) is 42.5 Å². The third-order valence-corrected chi connectivity index (χ3v) is 2.92. The van der Waals surface area contributed by atoms with Crippen LogP contribution in [0.25, 0.3) is 22.5 Å². The number of nitrogens with two attached hydrogens (primary N) is 1. The molecule has 4 aromatic rings. The van der Waals surface area contributed by atoms with E-state index < -0.39 is 0 Å². The Kier molecular flexibility index (Phi) is 1.85. The highest BCUT2D eigenvalue weighted by Crippen LogP contribution is 2.16. The molecule has 0 aliphatic carbocycles. The first-order valence-corrected chi connectivity index (χ1v) is 5.75. The van der Waals surface area contributed by atoms with Crippen LogP contribution in [0.4, 0.5) is 5.95 Å². The minimum Gasteiger partial charge on any atom is -0.366 e. The molecule has 92 valence electrons. The average Bonchev–Trinajstić information content (AvgIpc) is 3.00. The Morgan fingerprint density at radius 3 is 2.84 bits per heavy atom. The minimum atomic E-state index is 0.233. The lowest BCUT2D eigenvalue weighted by molar-refractivity contribution is 0.764. The maximum absolute atomic E-state index is 5.64. The summed E-state index contributed by atoms with van der Waals surface area (Å²) in [6.45, 7) is 0. The number of nitrogens with zero attached hydrogens (tertiary/aromatic N) is 6. The zero-order valence-corrected chi connectivity index (χ0v) is 9.80. The fourth-order valence-electron chi connectivity index (χ4n) is 2.11. The molecule has 0 amide bonds. The highest BCUT2D eigenvalue weighted by Gasteiger charge is 2.10. The zero-order valence-electron chi connectivity index (χ0n) is 9.80. The fraction of sp³-hybridized carbons (Fsp3) is 0. The molecule has 2 N–H and O–H groups in total. The number of para-hydroxylation sites is 1. The van der Waals surface area contributed by atoms with Crippen molar-refractivity contribution in [2.24, 2.45) is 0 Å². The zero-order chi connectivity index (χ0) is 12.8. The number of anilines is 1. The molecule has 1 aromatic carbocycles. The van der Waals surface area contributed by atoms with Crippen molar-refractivity contribution in [1.29, 1.82) is 0 Å². The molecule has 0 fully saturated rings. The number of hydrogen-bond donors (Lipinski definition) is 1. The van der Waals surface area contributed by atoms with Crippen molar-refractivity contribution in [1.82, 2.24) is 29.6 Å². The Morgan fingerprint density at radius 2 is 1.89 bits per heavy atom. The van der Waals surface area contributed by atoms with Crippen molar-refractivity contribution in [3.05, 3.63) is 42.5 Å². The molecule has 7 nitrogen and oxygen atoms in total. The molecule has 3 aromatic heterocycles. The topological polar surface area (TPSA) is 86.9 Å². The van der Waals surface area contributed by atoms with Crippen LogP contribution in [0.1, 0.15) is 0 Å². The molecule has 7 heteroatoms. The van der Waals surface area contributed by atoms with Crippen molar-refractivity contribution >= 4 is 22.6 Å². The van der Waals surface area contributed by atoms with Crippen LogP contribution in [0.5, 0.6) is 0 Å². The lowest BCUT2D eigenvalue weighted by atomic mass is 10.3. The quantitative estimate of drug-likeness (QED) is 0.546. The summed E-state index contributed by atoms with van der Waals surface area (Å²) >= 11 is 0. The Morgan fingerprint density at radius 1 is 1.00 bits per heavy atom. The first kappa shape index (κ1) is 10.0. The van der Waals surface area contributed by atoms with E-state index in [1.54, 1.807) is 9.20 Å².